The largest absolute Gasteiger partial charge is 0.368 e. The Kier molecular flexibility index (Phi) is 7.38. The third-order valence-corrected chi connectivity index (χ3v) is 8.56. The maximum Gasteiger partial charge on any atom is 0.264 e. The standard InChI is InChI=1S/C27H30ClN3O3S/c1-20-6-4-8-24(18-20)31(35(33,34)25-12-10-23(28)11-13-25)19-27(32)30-16-14-29(15-17-30)26-9-5-7-21(2)22(26)3/h4-13,18H,14-17,19H2,1-3H3. The Labute approximate surface area is 212 Å². The number of nitrogens with zero attached hydrogens (tertiary/aromatic N) is 3. The molecule has 0 atom stereocenters. The van der Waals surface area contributed by atoms with E-state index in [2.05, 4.69) is 36.9 Å². The second kappa shape index (κ2) is 10.3. The number of benzene rings is 3. The summed E-state index contributed by atoms with van der Waals surface area (Å²) in [6.07, 6.45) is 0. The van der Waals surface area contributed by atoms with Crippen molar-refractivity contribution in [3.8, 4) is 0 Å². The second-order valence-electron chi connectivity index (χ2n) is 8.89. The average molecular weight is 512 g/mol. The summed E-state index contributed by atoms with van der Waals surface area (Å²) in [7, 11) is -3.97. The molecule has 0 saturated carbocycles. The molecule has 8 heteroatoms. The SMILES string of the molecule is Cc1cccc(N(CC(=O)N2CCN(c3cccc(C)c3C)CC2)S(=O)(=O)c2ccc(Cl)cc2)c1. The van der Waals surface area contributed by atoms with Crippen LogP contribution in [0, 0.1) is 20.8 Å². The van der Waals surface area contributed by atoms with Gasteiger partial charge in [-0.05, 0) is 79.9 Å². The van der Waals surface area contributed by atoms with Crippen molar-refractivity contribution in [3.63, 3.8) is 0 Å². The summed E-state index contributed by atoms with van der Waals surface area (Å²) in [6, 6.07) is 19.4. The molecule has 0 bridgehead atoms. The van der Waals surface area contributed by atoms with Gasteiger partial charge < -0.3 is 9.80 Å². The van der Waals surface area contributed by atoms with Crippen LogP contribution < -0.4 is 9.21 Å². The molecule has 0 aromatic heterocycles. The monoisotopic (exact) mass is 511 g/mol. The van der Waals surface area contributed by atoms with Gasteiger partial charge in [0, 0.05) is 36.9 Å². The highest BCUT2D eigenvalue weighted by Crippen LogP contribution is 2.27. The van der Waals surface area contributed by atoms with Gasteiger partial charge in [-0.1, -0.05) is 35.9 Å². The molecular formula is C27H30ClN3O3S. The van der Waals surface area contributed by atoms with E-state index in [-0.39, 0.29) is 17.3 Å². The molecule has 0 radical (unpaired) electrons. The predicted octanol–water partition coefficient (Wildman–Crippen LogP) is 4.81. The van der Waals surface area contributed by atoms with Crippen molar-refractivity contribution in [2.75, 3.05) is 41.9 Å². The lowest BCUT2D eigenvalue weighted by Gasteiger charge is -2.38. The summed E-state index contributed by atoms with van der Waals surface area (Å²) < 4.78 is 28.4. The van der Waals surface area contributed by atoms with Crippen molar-refractivity contribution in [3.05, 3.63) is 88.4 Å². The molecule has 1 aliphatic rings. The number of rotatable bonds is 6. The number of anilines is 2. The highest BCUT2D eigenvalue weighted by atomic mass is 35.5. The molecule has 0 N–H and O–H groups in total. The molecule has 0 unspecified atom stereocenters. The van der Waals surface area contributed by atoms with Crippen LogP contribution in [0.4, 0.5) is 11.4 Å². The van der Waals surface area contributed by atoms with E-state index < -0.39 is 10.0 Å². The van der Waals surface area contributed by atoms with Crippen LogP contribution in [0.1, 0.15) is 16.7 Å². The quantitative estimate of drug-likeness (QED) is 0.476. The number of piperazine rings is 1. The van der Waals surface area contributed by atoms with E-state index in [4.69, 9.17) is 11.6 Å². The van der Waals surface area contributed by atoms with Crippen LogP contribution in [-0.4, -0.2) is 51.9 Å². The molecule has 3 aromatic rings. The van der Waals surface area contributed by atoms with Gasteiger partial charge in [-0.3, -0.25) is 9.10 Å². The van der Waals surface area contributed by atoms with Crippen molar-refractivity contribution in [2.24, 2.45) is 0 Å². The van der Waals surface area contributed by atoms with E-state index in [1.54, 1.807) is 23.1 Å². The summed E-state index contributed by atoms with van der Waals surface area (Å²) in [4.78, 5) is 17.5. The molecule has 1 saturated heterocycles. The van der Waals surface area contributed by atoms with Crippen LogP contribution in [0.15, 0.2) is 71.6 Å². The minimum Gasteiger partial charge on any atom is -0.368 e. The Morgan fingerprint density at radius 1 is 0.914 bits per heavy atom. The Hall–Kier alpha value is -3.03. The average Bonchev–Trinajstić information content (AvgIpc) is 2.84. The van der Waals surface area contributed by atoms with Crippen LogP contribution in [-0.2, 0) is 14.8 Å². The first-order chi connectivity index (χ1) is 16.7. The first-order valence-corrected chi connectivity index (χ1v) is 13.4. The van der Waals surface area contributed by atoms with Crippen molar-refractivity contribution in [1.29, 1.82) is 0 Å². The van der Waals surface area contributed by atoms with Gasteiger partial charge in [-0.15, -0.1) is 0 Å². The number of carbonyl (C=O) groups is 1. The van der Waals surface area contributed by atoms with E-state index in [9.17, 15) is 13.2 Å². The van der Waals surface area contributed by atoms with E-state index in [1.165, 1.54) is 45.4 Å². The fourth-order valence-electron chi connectivity index (χ4n) is 4.33. The normalized spacial score (nSPS) is 14.2. The van der Waals surface area contributed by atoms with Gasteiger partial charge in [0.05, 0.1) is 10.6 Å². The number of halogens is 1. The smallest absolute Gasteiger partial charge is 0.264 e. The van der Waals surface area contributed by atoms with Gasteiger partial charge >= 0.3 is 0 Å². The van der Waals surface area contributed by atoms with E-state index in [1.807, 2.05) is 13.0 Å². The first kappa shape index (κ1) is 25.1. The molecule has 1 aliphatic heterocycles. The maximum atomic E-state index is 13.6. The van der Waals surface area contributed by atoms with Crippen LogP contribution in [0.3, 0.4) is 0 Å². The zero-order chi connectivity index (χ0) is 25.2. The van der Waals surface area contributed by atoms with Gasteiger partial charge in [0.15, 0.2) is 0 Å². The second-order valence-corrected chi connectivity index (χ2v) is 11.2. The molecule has 1 fully saturated rings. The van der Waals surface area contributed by atoms with Gasteiger partial charge in [0.2, 0.25) is 5.91 Å². The van der Waals surface area contributed by atoms with E-state index >= 15 is 0 Å². The van der Waals surface area contributed by atoms with Crippen LogP contribution >= 0.6 is 11.6 Å². The van der Waals surface area contributed by atoms with Crippen molar-refractivity contribution >= 4 is 38.9 Å². The summed E-state index contributed by atoms with van der Waals surface area (Å²) in [6.45, 7) is 8.31. The molecule has 4 rings (SSSR count). The number of carbonyl (C=O) groups excluding carboxylic acids is 1. The zero-order valence-electron chi connectivity index (χ0n) is 20.2. The van der Waals surface area contributed by atoms with Crippen LogP contribution in [0.2, 0.25) is 5.02 Å². The molecule has 35 heavy (non-hydrogen) atoms. The van der Waals surface area contributed by atoms with Crippen molar-refractivity contribution in [2.45, 2.75) is 25.7 Å². The van der Waals surface area contributed by atoms with E-state index in [0.717, 1.165) is 5.56 Å². The number of hydrogen-bond donors (Lipinski definition) is 0. The summed E-state index contributed by atoms with van der Waals surface area (Å²) >= 11 is 5.97. The minimum atomic E-state index is -3.97. The molecule has 0 aliphatic carbocycles. The Balaban J connectivity index is 1.54. The van der Waals surface area contributed by atoms with Gasteiger partial charge in [-0.2, -0.15) is 0 Å². The molecule has 0 spiro atoms. The first-order valence-electron chi connectivity index (χ1n) is 11.6. The lowest BCUT2D eigenvalue weighted by Crippen LogP contribution is -2.52. The molecule has 6 nitrogen and oxygen atoms in total. The Bertz CT molecular complexity index is 1320. The Morgan fingerprint density at radius 3 is 2.23 bits per heavy atom. The third-order valence-electron chi connectivity index (χ3n) is 6.52. The zero-order valence-corrected chi connectivity index (χ0v) is 21.8. The fourth-order valence-corrected chi connectivity index (χ4v) is 5.86. The van der Waals surface area contributed by atoms with Crippen LogP contribution in [0.5, 0.6) is 0 Å². The maximum absolute atomic E-state index is 13.6. The summed E-state index contributed by atoms with van der Waals surface area (Å²) in [5, 5.41) is 0.448. The molecule has 1 heterocycles. The lowest BCUT2D eigenvalue weighted by molar-refractivity contribution is -0.129. The molecule has 1 amide bonds. The third kappa shape index (κ3) is 5.46. The fraction of sp³-hybridized carbons (Fsp3) is 0.296. The van der Waals surface area contributed by atoms with Crippen LogP contribution in [0.25, 0.3) is 0 Å². The van der Waals surface area contributed by atoms with Crippen molar-refractivity contribution < 1.29 is 13.2 Å². The predicted molar refractivity (Wildman–Crippen MR) is 142 cm³/mol. The van der Waals surface area contributed by atoms with E-state index in [0.29, 0.717) is 36.9 Å². The van der Waals surface area contributed by atoms with Gasteiger partial charge in [-0.25, -0.2) is 8.42 Å². The number of amides is 1. The number of sulfonamides is 1. The summed E-state index contributed by atoms with van der Waals surface area (Å²) in [5.41, 5.74) is 5.04. The minimum absolute atomic E-state index is 0.0935. The number of aryl methyl sites for hydroxylation is 2. The molecule has 184 valence electrons. The number of hydrogen-bond acceptors (Lipinski definition) is 4. The Morgan fingerprint density at radius 2 is 1.57 bits per heavy atom. The van der Waals surface area contributed by atoms with Gasteiger partial charge in [0.25, 0.3) is 10.0 Å². The van der Waals surface area contributed by atoms with Crippen molar-refractivity contribution in [1.82, 2.24) is 4.90 Å². The molecular weight excluding hydrogens is 482 g/mol. The highest BCUT2D eigenvalue weighted by molar-refractivity contribution is 7.92. The summed E-state index contributed by atoms with van der Waals surface area (Å²) in [5.74, 6) is -0.218. The topological polar surface area (TPSA) is 60.9 Å². The van der Waals surface area contributed by atoms with Gasteiger partial charge in [0.1, 0.15) is 6.54 Å². The highest BCUT2D eigenvalue weighted by Gasteiger charge is 2.30. The molecule has 3 aromatic carbocycles. The lowest BCUT2D eigenvalue weighted by atomic mass is 10.1.